The molecule has 2 heterocycles. The van der Waals surface area contributed by atoms with E-state index in [-0.39, 0.29) is 0 Å². The van der Waals surface area contributed by atoms with E-state index < -0.39 is 0 Å². The van der Waals surface area contributed by atoms with E-state index in [1.807, 2.05) is 18.2 Å². The Labute approximate surface area is 307 Å². The lowest BCUT2D eigenvalue weighted by atomic mass is 9.93. The average molecular weight is 677 g/mol. The molecule has 53 heavy (non-hydrogen) atoms. The number of hydrogen-bond acceptors (Lipinski definition) is 3. The van der Waals surface area contributed by atoms with Crippen molar-refractivity contribution in [3.05, 3.63) is 194 Å². The molecular formula is C50H32N2O. The van der Waals surface area contributed by atoms with Crippen LogP contribution in [0.25, 0.3) is 100.0 Å². The van der Waals surface area contributed by atoms with E-state index in [2.05, 4.69) is 176 Å². The van der Waals surface area contributed by atoms with Crippen LogP contribution < -0.4 is 0 Å². The number of hydrogen-bond donors (Lipinski definition) is 0. The van der Waals surface area contributed by atoms with Crippen molar-refractivity contribution in [2.24, 2.45) is 0 Å². The van der Waals surface area contributed by atoms with Crippen LogP contribution in [0.1, 0.15) is 0 Å². The number of para-hydroxylation sites is 1. The molecule has 3 heteroatoms. The van der Waals surface area contributed by atoms with Crippen molar-refractivity contribution < 1.29 is 4.42 Å². The zero-order valence-corrected chi connectivity index (χ0v) is 28.8. The third-order valence-corrected chi connectivity index (χ3v) is 10.1. The van der Waals surface area contributed by atoms with Crippen LogP contribution in [0.5, 0.6) is 0 Å². The Morgan fingerprint density at radius 1 is 0.302 bits per heavy atom. The van der Waals surface area contributed by atoms with Crippen LogP contribution in [0.15, 0.2) is 199 Å². The van der Waals surface area contributed by atoms with E-state index in [4.69, 9.17) is 14.4 Å². The van der Waals surface area contributed by atoms with Crippen molar-refractivity contribution in [3.8, 4) is 67.3 Å². The molecule has 0 saturated heterocycles. The van der Waals surface area contributed by atoms with Gasteiger partial charge in [-0.3, -0.25) is 0 Å². The van der Waals surface area contributed by atoms with Crippen LogP contribution in [-0.4, -0.2) is 9.97 Å². The van der Waals surface area contributed by atoms with Crippen molar-refractivity contribution >= 4 is 32.7 Å². The quantitative estimate of drug-likeness (QED) is 0.176. The molecule has 0 atom stereocenters. The highest BCUT2D eigenvalue weighted by Crippen LogP contribution is 2.38. The number of rotatable bonds is 6. The van der Waals surface area contributed by atoms with Gasteiger partial charge in [0.1, 0.15) is 11.2 Å². The molecule has 2 aromatic heterocycles. The van der Waals surface area contributed by atoms with Crippen LogP contribution in [-0.2, 0) is 0 Å². The summed E-state index contributed by atoms with van der Waals surface area (Å²) in [4.78, 5) is 10.6. The Hall–Kier alpha value is -7.10. The average Bonchev–Trinajstić information content (AvgIpc) is 3.62. The predicted molar refractivity (Wildman–Crippen MR) is 219 cm³/mol. The second-order valence-corrected chi connectivity index (χ2v) is 13.4. The van der Waals surface area contributed by atoms with Crippen molar-refractivity contribution in [3.63, 3.8) is 0 Å². The highest BCUT2D eigenvalue weighted by molar-refractivity contribution is 6.06. The van der Waals surface area contributed by atoms with Crippen molar-refractivity contribution in [2.75, 3.05) is 0 Å². The lowest BCUT2D eigenvalue weighted by molar-refractivity contribution is 0.669. The van der Waals surface area contributed by atoms with Crippen molar-refractivity contribution in [2.45, 2.75) is 0 Å². The van der Waals surface area contributed by atoms with E-state index in [0.29, 0.717) is 5.82 Å². The van der Waals surface area contributed by atoms with E-state index >= 15 is 0 Å². The van der Waals surface area contributed by atoms with Crippen LogP contribution in [0, 0.1) is 0 Å². The summed E-state index contributed by atoms with van der Waals surface area (Å²) in [7, 11) is 0. The van der Waals surface area contributed by atoms with Gasteiger partial charge in [0.25, 0.3) is 0 Å². The Bertz CT molecular complexity index is 2940. The summed E-state index contributed by atoms with van der Waals surface area (Å²) in [5.41, 5.74) is 13.2. The van der Waals surface area contributed by atoms with Gasteiger partial charge in [-0.2, -0.15) is 0 Å². The van der Waals surface area contributed by atoms with Crippen LogP contribution in [0.4, 0.5) is 0 Å². The summed E-state index contributed by atoms with van der Waals surface area (Å²) in [6, 6.07) is 68.1. The molecular weight excluding hydrogens is 645 g/mol. The van der Waals surface area contributed by atoms with Gasteiger partial charge in [0.15, 0.2) is 5.82 Å². The molecule has 0 saturated carbocycles. The minimum atomic E-state index is 0.679. The van der Waals surface area contributed by atoms with Gasteiger partial charge in [0, 0.05) is 27.5 Å². The third-order valence-electron chi connectivity index (χ3n) is 10.1. The second-order valence-electron chi connectivity index (χ2n) is 13.4. The molecule has 0 N–H and O–H groups in total. The maximum absolute atomic E-state index is 6.33. The first-order valence-electron chi connectivity index (χ1n) is 17.9. The Morgan fingerprint density at radius 2 is 0.849 bits per heavy atom. The Balaban J connectivity index is 1.20. The third kappa shape index (κ3) is 5.75. The standard InChI is InChI=1S/C50H32N2O/c1-3-13-33(14-4-1)36-19-11-20-38(27-36)50-51-46(32-47(52-50)43-23-12-18-35-17-7-8-21-42(35)43)41-29-39(34-15-5-2-6-16-34)28-40(30-41)37-25-26-45-44-22-9-10-24-48(44)53-49(45)31-37/h1-32H. The molecule has 0 bridgehead atoms. The van der Waals surface area contributed by atoms with Gasteiger partial charge < -0.3 is 4.42 Å². The fraction of sp³-hybridized carbons (Fsp3) is 0. The minimum absolute atomic E-state index is 0.679. The minimum Gasteiger partial charge on any atom is -0.456 e. The van der Waals surface area contributed by atoms with Gasteiger partial charge in [-0.05, 0) is 92.7 Å². The SMILES string of the molecule is c1ccc(-c2cc(-c3ccc4c(c3)oc3ccccc34)cc(-c3cc(-c4cccc5ccccc45)nc(-c4cccc(-c5ccccc5)c4)n3)c2)cc1. The van der Waals surface area contributed by atoms with Gasteiger partial charge in [-0.25, -0.2) is 9.97 Å². The van der Waals surface area contributed by atoms with E-state index in [9.17, 15) is 0 Å². The largest absolute Gasteiger partial charge is 0.456 e. The number of aromatic nitrogens is 2. The van der Waals surface area contributed by atoms with Gasteiger partial charge in [0.2, 0.25) is 0 Å². The summed E-state index contributed by atoms with van der Waals surface area (Å²) in [5.74, 6) is 0.679. The topological polar surface area (TPSA) is 38.9 Å². The zero-order valence-electron chi connectivity index (χ0n) is 28.8. The second kappa shape index (κ2) is 12.9. The van der Waals surface area contributed by atoms with Crippen molar-refractivity contribution in [1.29, 1.82) is 0 Å². The molecule has 10 aromatic rings. The maximum Gasteiger partial charge on any atom is 0.160 e. The van der Waals surface area contributed by atoms with E-state index in [0.717, 1.165) is 88.8 Å². The molecule has 0 aliphatic rings. The first-order chi connectivity index (χ1) is 26.2. The normalized spacial score (nSPS) is 11.4. The van der Waals surface area contributed by atoms with E-state index in [1.165, 1.54) is 5.39 Å². The fourth-order valence-corrected chi connectivity index (χ4v) is 7.42. The molecule has 0 amide bonds. The summed E-state index contributed by atoms with van der Waals surface area (Å²) < 4.78 is 6.33. The highest BCUT2D eigenvalue weighted by atomic mass is 16.3. The van der Waals surface area contributed by atoms with Crippen LogP contribution in [0.3, 0.4) is 0 Å². The summed E-state index contributed by atoms with van der Waals surface area (Å²) in [5, 5.41) is 4.56. The molecule has 0 unspecified atom stereocenters. The number of fused-ring (bicyclic) bond motifs is 4. The summed E-state index contributed by atoms with van der Waals surface area (Å²) >= 11 is 0. The van der Waals surface area contributed by atoms with Crippen molar-refractivity contribution in [1.82, 2.24) is 9.97 Å². The molecule has 8 aromatic carbocycles. The lowest BCUT2D eigenvalue weighted by Crippen LogP contribution is -1.97. The van der Waals surface area contributed by atoms with Crippen LogP contribution >= 0.6 is 0 Å². The van der Waals surface area contributed by atoms with Gasteiger partial charge in [-0.15, -0.1) is 0 Å². The highest BCUT2D eigenvalue weighted by Gasteiger charge is 2.16. The molecule has 0 spiro atoms. The molecule has 0 radical (unpaired) electrons. The van der Waals surface area contributed by atoms with Gasteiger partial charge in [-0.1, -0.05) is 146 Å². The zero-order chi connectivity index (χ0) is 35.1. The molecule has 0 aliphatic heterocycles. The molecule has 248 valence electrons. The van der Waals surface area contributed by atoms with Gasteiger partial charge >= 0.3 is 0 Å². The summed E-state index contributed by atoms with van der Waals surface area (Å²) in [6.45, 7) is 0. The number of nitrogens with zero attached hydrogens (tertiary/aromatic N) is 2. The smallest absolute Gasteiger partial charge is 0.160 e. The molecule has 3 nitrogen and oxygen atoms in total. The summed E-state index contributed by atoms with van der Waals surface area (Å²) in [6.07, 6.45) is 0. The molecule has 0 aliphatic carbocycles. The van der Waals surface area contributed by atoms with E-state index in [1.54, 1.807) is 0 Å². The Morgan fingerprint density at radius 3 is 1.68 bits per heavy atom. The lowest BCUT2D eigenvalue weighted by Gasteiger charge is -2.14. The monoisotopic (exact) mass is 676 g/mol. The molecule has 0 fully saturated rings. The first kappa shape index (κ1) is 30.7. The Kier molecular flexibility index (Phi) is 7.47. The number of furan rings is 1. The predicted octanol–water partition coefficient (Wildman–Crippen LogP) is 13.5. The number of benzene rings is 8. The van der Waals surface area contributed by atoms with Gasteiger partial charge in [0.05, 0.1) is 11.4 Å². The maximum atomic E-state index is 6.33. The molecule has 10 rings (SSSR count). The van der Waals surface area contributed by atoms with Crippen LogP contribution in [0.2, 0.25) is 0 Å². The fourth-order valence-electron chi connectivity index (χ4n) is 7.42. The first-order valence-corrected chi connectivity index (χ1v) is 17.9.